The predicted molar refractivity (Wildman–Crippen MR) is 124 cm³/mol. The van der Waals surface area contributed by atoms with E-state index in [4.69, 9.17) is 11.6 Å². The molecule has 2 heterocycles. The second-order valence-corrected chi connectivity index (χ2v) is 7.86. The SMILES string of the molecule is O=C(c1ccc(Cl)cc1)N1CCN(c2ccc([N+](=O)[O-])c(NCc3ccccn3)c2)CC1. The lowest BCUT2D eigenvalue weighted by Gasteiger charge is -2.36. The van der Waals surface area contributed by atoms with Gasteiger partial charge in [-0.05, 0) is 48.5 Å². The smallest absolute Gasteiger partial charge is 0.292 e. The minimum absolute atomic E-state index is 0.0150. The highest BCUT2D eigenvalue weighted by Gasteiger charge is 2.24. The lowest BCUT2D eigenvalue weighted by molar-refractivity contribution is -0.384. The highest BCUT2D eigenvalue weighted by Crippen LogP contribution is 2.30. The van der Waals surface area contributed by atoms with Crippen LogP contribution in [0.25, 0.3) is 0 Å². The summed E-state index contributed by atoms with van der Waals surface area (Å²) in [5.74, 6) is -0.0252. The van der Waals surface area contributed by atoms with Gasteiger partial charge in [0, 0.05) is 54.7 Å². The number of carbonyl (C=O) groups is 1. The Hall–Kier alpha value is -3.65. The molecule has 0 unspecified atom stereocenters. The number of aromatic nitrogens is 1. The van der Waals surface area contributed by atoms with Gasteiger partial charge in [0.2, 0.25) is 0 Å². The summed E-state index contributed by atoms with van der Waals surface area (Å²) in [6.07, 6.45) is 1.69. The third-order valence-corrected chi connectivity index (χ3v) is 5.64. The fraction of sp³-hybridized carbons (Fsp3) is 0.217. The number of nitrogens with one attached hydrogen (secondary N) is 1. The summed E-state index contributed by atoms with van der Waals surface area (Å²) in [4.78, 5) is 32.0. The number of rotatable bonds is 6. The van der Waals surface area contributed by atoms with E-state index in [0.717, 1.165) is 11.4 Å². The fourth-order valence-corrected chi connectivity index (χ4v) is 3.78. The largest absolute Gasteiger partial charge is 0.374 e. The molecule has 0 spiro atoms. The molecule has 32 heavy (non-hydrogen) atoms. The van der Waals surface area contributed by atoms with Crippen LogP contribution in [0.15, 0.2) is 66.9 Å². The molecule has 3 aromatic rings. The average molecular weight is 452 g/mol. The molecule has 0 radical (unpaired) electrons. The molecule has 8 nitrogen and oxygen atoms in total. The van der Waals surface area contributed by atoms with Gasteiger partial charge < -0.3 is 15.1 Å². The molecule has 1 saturated heterocycles. The van der Waals surface area contributed by atoms with Crippen molar-refractivity contribution in [1.29, 1.82) is 0 Å². The summed E-state index contributed by atoms with van der Waals surface area (Å²) in [5.41, 5.74) is 2.73. The minimum atomic E-state index is -0.396. The Balaban J connectivity index is 1.44. The number of benzene rings is 2. The van der Waals surface area contributed by atoms with Crippen molar-refractivity contribution < 1.29 is 9.72 Å². The Morgan fingerprint density at radius 3 is 2.47 bits per heavy atom. The first-order chi connectivity index (χ1) is 15.5. The number of pyridine rings is 1. The van der Waals surface area contributed by atoms with Gasteiger partial charge in [0.1, 0.15) is 5.69 Å². The fourth-order valence-electron chi connectivity index (χ4n) is 3.65. The first-order valence-corrected chi connectivity index (χ1v) is 10.6. The van der Waals surface area contributed by atoms with Gasteiger partial charge >= 0.3 is 0 Å². The summed E-state index contributed by atoms with van der Waals surface area (Å²) < 4.78 is 0. The molecule has 0 saturated carbocycles. The van der Waals surface area contributed by atoms with E-state index in [-0.39, 0.29) is 11.6 Å². The number of nitro groups is 1. The molecular weight excluding hydrogens is 430 g/mol. The Kier molecular flexibility index (Phi) is 6.51. The Morgan fingerprint density at radius 2 is 1.81 bits per heavy atom. The van der Waals surface area contributed by atoms with Crippen LogP contribution in [0.3, 0.4) is 0 Å². The van der Waals surface area contributed by atoms with Crippen LogP contribution < -0.4 is 10.2 Å². The van der Waals surface area contributed by atoms with Crippen molar-refractivity contribution in [3.63, 3.8) is 0 Å². The van der Waals surface area contributed by atoms with Crippen LogP contribution in [0.1, 0.15) is 16.1 Å². The number of nitrogens with zero attached hydrogens (tertiary/aromatic N) is 4. The summed E-state index contributed by atoms with van der Waals surface area (Å²) in [6.45, 7) is 2.78. The number of hydrogen-bond acceptors (Lipinski definition) is 6. The van der Waals surface area contributed by atoms with Crippen LogP contribution in [0.4, 0.5) is 17.1 Å². The number of amides is 1. The third-order valence-electron chi connectivity index (χ3n) is 5.39. The lowest BCUT2D eigenvalue weighted by Crippen LogP contribution is -2.48. The first kappa shape index (κ1) is 21.6. The molecule has 1 aliphatic rings. The van der Waals surface area contributed by atoms with Crippen molar-refractivity contribution in [1.82, 2.24) is 9.88 Å². The standard InChI is InChI=1S/C23H22ClN5O3/c24-18-6-4-17(5-7-18)23(30)28-13-11-27(12-14-28)20-8-9-22(29(31)32)21(15-20)26-16-19-3-1-2-10-25-19/h1-10,15,26H,11-14,16H2. The zero-order valence-corrected chi connectivity index (χ0v) is 18.0. The molecule has 9 heteroatoms. The maximum absolute atomic E-state index is 12.7. The number of carbonyl (C=O) groups excluding carboxylic acids is 1. The van der Waals surface area contributed by atoms with Gasteiger partial charge in [-0.3, -0.25) is 19.9 Å². The van der Waals surface area contributed by atoms with Crippen LogP contribution in [-0.2, 0) is 6.54 Å². The monoisotopic (exact) mass is 451 g/mol. The lowest BCUT2D eigenvalue weighted by atomic mass is 10.1. The van der Waals surface area contributed by atoms with Crippen molar-refractivity contribution in [2.75, 3.05) is 36.4 Å². The van der Waals surface area contributed by atoms with Gasteiger partial charge in [-0.1, -0.05) is 17.7 Å². The molecule has 2 aromatic carbocycles. The van der Waals surface area contributed by atoms with Crippen molar-refractivity contribution in [2.24, 2.45) is 0 Å². The summed E-state index contributed by atoms with van der Waals surface area (Å²) in [6, 6.07) is 17.5. The van der Waals surface area contributed by atoms with Crippen molar-refractivity contribution in [2.45, 2.75) is 6.54 Å². The van der Waals surface area contributed by atoms with E-state index in [1.165, 1.54) is 6.07 Å². The quantitative estimate of drug-likeness (QED) is 0.445. The van der Waals surface area contributed by atoms with E-state index < -0.39 is 4.92 Å². The van der Waals surface area contributed by atoms with E-state index >= 15 is 0 Å². The van der Waals surface area contributed by atoms with E-state index in [2.05, 4.69) is 15.2 Å². The van der Waals surface area contributed by atoms with E-state index in [9.17, 15) is 14.9 Å². The molecule has 0 bridgehead atoms. The number of anilines is 2. The molecule has 1 fully saturated rings. The highest BCUT2D eigenvalue weighted by molar-refractivity contribution is 6.30. The summed E-state index contributed by atoms with van der Waals surface area (Å²) >= 11 is 5.91. The second-order valence-electron chi connectivity index (χ2n) is 7.42. The van der Waals surface area contributed by atoms with Gasteiger partial charge in [-0.2, -0.15) is 0 Å². The molecule has 164 valence electrons. The number of piperazine rings is 1. The maximum Gasteiger partial charge on any atom is 0.292 e. The number of hydrogen-bond donors (Lipinski definition) is 1. The normalized spacial score (nSPS) is 13.7. The van der Waals surface area contributed by atoms with Crippen LogP contribution in [0, 0.1) is 10.1 Å². The van der Waals surface area contributed by atoms with Crippen molar-refractivity contribution in [3.8, 4) is 0 Å². The Bertz CT molecular complexity index is 1100. The van der Waals surface area contributed by atoms with E-state index in [1.807, 2.05) is 23.1 Å². The zero-order valence-electron chi connectivity index (χ0n) is 17.3. The molecule has 1 amide bonds. The molecule has 0 aliphatic carbocycles. The zero-order chi connectivity index (χ0) is 22.5. The third kappa shape index (κ3) is 4.97. The van der Waals surface area contributed by atoms with Gasteiger partial charge in [0.05, 0.1) is 17.2 Å². The predicted octanol–water partition coefficient (Wildman–Crippen LogP) is 4.22. The van der Waals surface area contributed by atoms with Crippen LogP contribution >= 0.6 is 11.6 Å². The highest BCUT2D eigenvalue weighted by atomic mass is 35.5. The van der Waals surface area contributed by atoms with Gasteiger partial charge in [0.15, 0.2) is 0 Å². The second kappa shape index (κ2) is 9.65. The van der Waals surface area contributed by atoms with Crippen molar-refractivity contribution >= 4 is 34.6 Å². The van der Waals surface area contributed by atoms with Crippen molar-refractivity contribution in [3.05, 3.63) is 93.3 Å². The minimum Gasteiger partial charge on any atom is -0.374 e. The van der Waals surface area contributed by atoms with E-state index in [1.54, 1.807) is 42.6 Å². The summed E-state index contributed by atoms with van der Waals surface area (Å²) in [5, 5.41) is 15.2. The summed E-state index contributed by atoms with van der Waals surface area (Å²) in [7, 11) is 0. The van der Waals surface area contributed by atoms with Gasteiger partial charge in [-0.25, -0.2) is 0 Å². The average Bonchev–Trinajstić information content (AvgIpc) is 2.83. The molecule has 0 atom stereocenters. The number of halogens is 1. The van der Waals surface area contributed by atoms with Crippen LogP contribution in [0.5, 0.6) is 0 Å². The van der Waals surface area contributed by atoms with Crippen LogP contribution in [-0.4, -0.2) is 46.9 Å². The van der Waals surface area contributed by atoms with Gasteiger partial charge in [0.25, 0.3) is 11.6 Å². The number of nitro benzene ring substituents is 1. The molecule has 4 rings (SSSR count). The molecular formula is C23H22ClN5O3. The first-order valence-electron chi connectivity index (χ1n) is 10.2. The molecule has 1 N–H and O–H groups in total. The molecule has 1 aliphatic heterocycles. The Morgan fingerprint density at radius 1 is 1.06 bits per heavy atom. The molecule has 1 aromatic heterocycles. The van der Waals surface area contributed by atoms with Gasteiger partial charge in [-0.15, -0.1) is 0 Å². The van der Waals surface area contributed by atoms with E-state index in [0.29, 0.717) is 49.0 Å². The Labute approximate surface area is 190 Å². The topological polar surface area (TPSA) is 91.6 Å². The maximum atomic E-state index is 12.7. The van der Waals surface area contributed by atoms with Crippen LogP contribution in [0.2, 0.25) is 5.02 Å².